The summed E-state index contributed by atoms with van der Waals surface area (Å²) in [5, 5.41) is 3.19. The van der Waals surface area contributed by atoms with E-state index >= 15 is 0 Å². The monoisotopic (exact) mass is 279 g/mol. The fourth-order valence-electron chi connectivity index (χ4n) is 2.70. The molecular formula is C12H20F3N3O. The maximum Gasteiger partial charge on any atom is 0.401 e. The molecule has 0 saturated carbocycles. The number of amides is 1. The van der Waals surface area contributed by atoms with Crippen molar-refractivity contribution in [3.8, 4) is 0 Å². The van der Waals surface area contributed by atoms with Crippen LogP contribution in [0.15, 0.2) is 0 Å². The van der Waals surface area contributed by atoms with Gasteiger partial charge >= 0.3 is 6.18 Å². The summed E-state index contributed by atoms with van der Waals surface area (Å²) in [4.78, 5) is 15.3. The van der Waals surface area contributed by atoms with Crippen molar-refractivity contribution in [1.82, 2.24) is 15.1 Å². The van der Waals surface area contributed by atoms with E-state index in [4.69, 9.17) is 0 Å². The summed E-state index contributed by atoms with van der Waals surface area (Å²) >= 11 is 0. The topological polar surface area (TPSA) is 35.6 Å². The second-order valence-electron chi connectivity index (χ2n) is 5.26. The highest BCUT2D eigenvalue weighted by Gasteiger charge is 2.34. The maximum absolute atomic E-state index is 12.3. The van der Waals surface area contributed by atoms with E-state index < -0.39 is 12.7 Å². The Labute approximate surface area is 110 Å². The van der Waals surface area contributed by atoms with Crippen LogP contribution >= 0.6 is 0 Å². The molecule has 2 heterocycles. The Balaban J connectivity index is 1.77. The molecule has 2 aliphatic rings. The van der Waals surface area contributed by atoms with Gasteiger partial charge in [0.25, 0.3) is 0 Å². The molecule has 1 amide bonds. The second-order valence-corrected chi connectivity index (χ2v) is 5.26. The fourth-order valence-corrected chi connectivity index (χ4v) is 2.70. The minimum absolute atomic E-state index is 0.00270. The zero-order valence-electron chi connectivity index (χ0n) is 10.9. The summed E-state index contributed by atoms with van der Waals surface area (Å²) < 4.78 is 36.8. The first-order chi connectivity index (χ1) is 8.96. The lowest BCUT2D eigenvalue weighted by Crippen LogP contribution is -2.53. The molecule has 2 fully saturated rings. The predicted molar refractivity (Wildman–Crippen MR) is 64.7 cm³/mol. The third-order valence-electron chi connectivity index (χ3n) is 3.73. The molecule has 1 atom stereocenters. The molecular weight excluding hydrogens is 259 g/mol. The first-order valence-electron chi connectivity index (χ1n) is 6.74. The van der Waals surface area contributed by atoms with Crippen molar-refractivity contribution in [2.24, 2.45) is 5.92 Å². The average molecular weight is 279 g/mol. The van der Waals surface area contributed by atoms with Crippen LogP contribution in [0.1, 0.15) is 12.8 Å². The number of carbonyl (C=O) groups is 1. The van der Waals surface area contributed by atoms with Crippen LogP contribution < -0.4 is 5.32 Å². The van der Waals surface area contributed by atoms with Crippen LogP contribution in [0, 0.1) is 5.92 Å². The van der Waals surface area contributed by atoms with Crippen molar-refractivity contribution >= 4 is 5.91 Å². The van der Waals surface area contributed by atoms with Gasteiger partial charge in [-0.1, -0.05) is 0 Å². The lowest BCUT2D eigenvalue weighted by Gasteiger charge is -2.37. The molecule has 2 rings (SSSR count). The summed E-state index contributed by atoms with van der Waals surface area (Å²) in [6.07, 6.45) is -2.28. The lowest BCUT2D eigenvalue weighted by molar-refractivity contribution is -0.152. The SMILES string of the molecule is O=C(C1CCCNC1)N1CCN(CC(F)(F)F)CC1. The van der Waals surface area contributed by atoms with Crippen molar-refractivity contribution in [2.75, 3.05) is 45.8 Å². The third kappa shape index (κ3) is 4.35. The third-order valence-corrected chi connectivity index (χ3v) is 3.73. The molecule has 0 aromatic heterocycles. The van der Waals surface area contributed by atoms with Gasteiger partial charge in [0, 0.05) is 32.7 Å². The van der Waals surface area contributed by atoms with Gasteiger partial charge in [-0.05, 0) is 19.4 Å². The molecule has 7 heteroatoms. The number of alkyl halides is 3. The van der Waals surface area contributed by atoms with Crippen LogP contribution in [0.25, 0.3) is 0 Å². The Morgan fingerprint density at radius 3 is 2.42 bits per heavy atom. The standard InChI is InChI=1S/C12H20F3N3O/c13-12(14,15)9-17-4-6-18(7-5-17)11(19)10-2-1-3-16-8-10/h10,16H,1-9H2. The van der Waals surface area contributed by atoms with Crippen molar-refractivity contribution in [1.29, 1.82) is 0 Å². The molecule has 0 spiro atoms. The quantitative estimate of drug-likeness (QED) is 0.808. The Bertz CT molecular complexity index is 308. The van der Waals surface area contributed by atoms with E-state index in [0.29, 0.717) is 32.7 Å². The first-order valence-corrected chi connectivity index (χ1v) is 6.74. The van der Waals surface area contributed by atoms with Crippen LogP contribution in [-0.4, -0.2) is 67.7 Å². The van der Waals surface area contributed by atoms with E-state index in [-0.39, 0.29) is 11.8 Å². The van der Waals surface area contributed by atoms with E-state index in [1.165, 1.54) is 4.90 Å². The van der Waals surface area contributed by atoms with Crippen LogP contribution in [0.2, 0.25) is 0 Å². The average Bonchev–Trinajstić information content (AvgIpc) is 2.38. The van der Waals surface area contributed by atoms with Gasteiger partial charge in [-0.2, -0.15) is 13.2 Å². The number of hydrogen-bond acceptors (Lipinski definition) is 3. The van der Waals surface area contributed by atoms with Crippen LogP contribution in [-0.2, 0) is 4.79 Å². The van der Waals surface area contributed by atoms with Gasteiger partial charge in [0.1, 0.15) is 0 Å². The van der Waals surface area contributed by atoms with E-state index in [2.05, 4.69) is 5.32 Å². The Morgan fingerprint density at radius 1 is 1.21 bits per heavy atom. The van der Waals surface area contributed by atoms with Gasteiger partial charge in [0.2, 0.25) is 5.91 Å². The largest absolute Gasteiger partial charge is 0.401 e. The van der Waals surface area contributed by atoms with Crippen molar-refractivity contribution in [3.05, 3.63) is 0 Å². The van der Waals surface area contributed by atoms with Crippen molar-refractivity contribution in [3.63, 3.8) is 0 Å². The number of piperazine rings is 1. The summed E-state index contributed by atoms with van der Waals surface area (Å²) in [7, 11) is 0. The highest BCUT2D eigenvalue weighted by Crippen LogP contribution is 2.19. The summed E-state index contributed by atoms with van der Waals surface area (Å²) in [6, 6.07) is 0. The van der Waals surface area contributed by atoms with Gasteiger partial charge in [-0.3, -0.25) is 9.69 Å². The second kappa shape index (κ2) is 6.09. The smallest absolute Gasteiger partial charge is 0.340 e. The summed E-state index contributed by atoms with van der Waals surface area (Å²) in [5.41, 5.74) is 0. The molecule has 2 aliphatic heterocycles. The lowest BCUT2D eigenvalue weighted by atomic mass is 9.98. The Kier molecular flexibility index (Phi) is 4.67. The van der Waals surface area contributed by atoms with Crippen LogP contribution in [0.3, 0.4) is 0 Å². The molecule has 0 aromatic rings. The minimum Gasteiger partial charge on any atom is -0.340 e. The zero-order valence-corrected chi connectivity index (χ0v) is 10.9. The first kappa shape index (κ1) is 14.6. The molecule has 2 saturated heterocycles. The van der Waals surface area contributed by atoms with Gasteiger partial charge in [-0.15, -0.1) is 0 Å². The normalized spacial score (nSPS) is 26.5. The number of carbonyl (C=O) groups excluding carboxylic acids is 1. The minimum atomic E-state index is -4.15. The molecule has 110 valence electrons. The fraction of sp³-hybridized carbons (Fsp3) is 0.917. The number of rotatable bonds is 2. The molecule has 0 bridgehead atoms. The molecule has 0 radical (unpaired) electrons. The van der Waals surface area contributed by atoms with E-state index in [1.54, 1.807) is 4.90 Å². The van der Waals surface area contributed by atoms with Gasteiger partial charge in [-0.25, -0.2) is 0 Å². The van der Waals surface area contributed by atoms with Crippen molar-refractivity contribution < 1.29 is 18.0 Å². The van der Waals surface area contributed by atoms with Crippen LogP contribution in [0.5, 0.6) is 0 Å². The molecule has 0 aromatic carbocycles. The highest BCUT2D eigenvalue weighted by atomic mass is 19.4. The number of halogens is 3. The molecule has 0 aliphatic carbocycles. The van der Waals surface area contributed by atoms with E-state index in [0.717, 1.165) is 19.4 Å². The number of nitrogens with one attached hydrogen (secondary N) is 1. The van der Waals surface area contributed by atoms with Crippen LogP contribution in [0.4, 0.5) is 13.2 Å². The maximum atomic E-state index is 12.3. The van der Waals surface area contributed by atoms with Gasteiger partial charge in [0.05, 0.1) is 12.5 Å². The van der Waals surface area contributed by atoms with Gasteiger partial charge < -0.3 is 10.2 Å². The number of hydrogen-bond donors (Lipinski definition) is 1. The Morgan fingerprint density at radius 2 is 1.89 bits per heavy atom. The molecule has 1 N–H and O–H groups in total. The molecule has 1 unspecified atom stereocenters. The van der Waals surface area contributed by atoms with E-state index in [1.807, 2.05) is 0 Å². The number of nitrogens with zero attached hydrogens (tertiary/aromatic N) is 2. The zero-order chi connectivity index (χ0) is 13.9. The Hall–Kier alpha value is -0.820. The van der Waals surface area contributed by atoms with Gasteiger partial charge in [0.15, 0.2) is 0 Å². The molecule has 4 nitrogen and oxygen atoms in total. The van der Waals surface area contributed by atoms with E-state index in [9.17, 15) is 18.0 Å². The highest BCUT2D eigenvalue weighted by molar-refractivity contribution is 5.79. The van der Waals surface area contributed by atoms with Crippen molar-refractivity contribution in [2.45, 2.75) is 19.0 Å². The summed E-state index contributed by atoms with van der Waals surface area (Å²) in [6.45, 7) is 2.21. The number of piperidine rings is 1. The predicted octanol–water partition coefficient (Wildman–Crippen LogP) is 0.692. The molecule has 19 heavy (non-hydrogen) atoms. The summed E-state index contributed by atoms with van der Waals surface area (Å²) in [5.74, 6) is 0.0989.